The monoisotopic (exact) mass is 332 g/mol. The second-order valence-corrected chi connectivity index (χ2v) is 5.46. The molecule has 0 N–H and O–H groups in total. The number of ether oxygens (including phenoxy) is 3. The molecule has 0 aromatic heterocycles. The highest BCUT2D eigenvalue weighted by Crippen LogP contribution is 2.27. The van der Waals surface area contributed by atoms with E-state index in [1.165, 1.54) is 13.2 Å². The second-order valence-electron chi connectivity index (χ2n) is 5.46. The molecule has 0 spiro atoms. The molecule has 0 atom stereocenters. The lowest BCUT2D eigenvalue weighted by Crippen LogP contribution is -2.11. The normalized spacial score (nSPS) is 10.4. The topological polar surface area (TPSA) is 44.8 Å². The summed E-state index contributed by atoms with van der Waals surface area (Å²) >= 11 is 0. The molecular weight excluding hydrogens is 311 g/mol. The SMILES string of the molecule is CCc1cc(F)c(OCc2c(C)cccc2OC(=O)OC)cc1C. The Labute approximate surface area is 141 Å². The highest BCUT2D eigenvalue weighted by atomic mass is 19.1. The van der Waals surface area contributed by atoms with Crippen LogP contribution in [-0.2, 0) is 17.8 Å². The predicted molar refractivity (Wildman–Crippen MR) is 89.1 cm³/mol. The summed E-state index contributed by atoms with van der Waals surface area (Å²) in [6.07, 6.45) is -0.0472. The van der Waals surface area contributed by atoms with E-state index in [9.17, 15) is 9.18 Å². The molecule has 0 fully saturated rings. The lowest BCUT2D eigenvalue weighted by atomic mass is 10.1. The zero-order valence-corrected chi connectivity index (χ0v) is 14.3. The molecule has 0 radical (unpaired) electrons. The minimum atomic E-state index is -0.809. The third kappa shape index (κ3) is 4.04. The Morgan fingerprint density at radius 3 is 2.54 bits per heavy atom. The van der Waals surface area contributed by atoms with Crippen LogP contribution >= 0.6 is 0 Å². The van der Waals surface area contributed by atoms with Gasteiger partial charge in [-0.25, -0.2) is 9.18 Å². The first-order valence-electron chi connectivity index (χ1n) is 7.72. The van der Waals surface area contributed by atoms with Crippen LogP contribution in [0.4, 0.5) is 9.18 Å². The molecule has 0 saturated carbocycles. The van der Waals surface area contributed by atoms with Gasteiger partial charge in [-0.1, -0.05) is 19.1 Å². The minimum absolute atomic E-state index is 0.0842. The van der Waals surface area contributed by atoms with Crippen LogP contribution < -0.4 is 9.47 Å². The van der Waals surface area contributed by atoms with Crippen LogP contribution in [0.5, 0.6) is 11.5 Å². The number of methoxy groups -OCH3 is 1. The molecule has 0 aliphatic heterocycles. The lowest BCUT2D eigenvalue weighted by Gasteiger charge is -2.14. The molecule has 0 saturated heterocycles. The van der Waals surface area contributed by atoms with Crippen LogP contribution in [0.2, 0.25) is 0 Å². The highest BCUT2D eigenvalue weighted by Gasteiger charge is 2.14. The third-order valence-corrected chi connectivity index (χ3v) is 3.87. The molecule has 5 heteroatoms. The first-order valence-corrected chi connectivity index (χ1v) is 7.72. The lowest BCUT2D eigenvalue weighted by molar-refractivity contribution is 0.120. The number of halogens is 1. The van der Waals surface area contributed by atoms with Crippen LogP contribution in [0.15, 0.2) is 30.3 Å². The van der Waals surface area contributed by atoms with Gasteiger partial charge >= 0.3 is 6.16 Å². The number of carbonyl (C=O) groups excluding carboxylic acids is 1. The molecule has 2 aromatic carbocycles. The first-order chi connectivity index (χ1) is 11.5. The number of hydrogen-bond acceptors (Lipinski definition) is 4. The van der Waals surface area contributed by atoms with Crippen LogP contribution in [0, 0.1) is 19.7 Å². The Kier molecular flexibility index (Phi) is 5.79. The van der Waals surface area contributed by atoms with Crippen molar-refractivity contribution in [3.05, 3.63) is 58.4 Å². The van der Waals surface area contributed by atoms with E-state index in [2.05, 4.69) is 4.74 Å². The van der Waals surface area contributed by atoms with Crippen LogP contribution in [0.25, 0.3) is 0 Å². The van der Waals surface area contributed by atoms with Crippen molar-refractivity contribution in [2.24, 2.45) is 0 Å². The van der Waals surface area contributed by atoms with Gasteiger partial charge in [-0.05, 0) is 55.2 Å². The largest absolute Gasteiger partial charge is 0.513 e. The van der Waals surface area contributed by atoms with Crippen molar-refractivity contribution in [2.45, 2.75) is 33.8 Å². The average Bonchev–Trinajstić information content (AvgIpc) is 2.56. The summed E-state index contributed by atoms with van der Waals surface area (Å²) in [6, 6.07) is 8.45. The summed E-state index contributed by atoms with van der Waals surface area (Å²) in [5, 5.41) is 0. The molecular formula is C19H21FO4. The quantitative estimate of drug-likeness (QED) is 0.586. The molecule has 0 aliphatic carbocycles. The zero-order valence-electron chi connectivity index (χ0n) is 14.3. The fraction of sp³-hybridized carbons (Fsp3) is 0.316. The summed E-state index contributed by atoms with van der Waals surface area (Å²) in [5.41, 5.74) is 3.47. The van der Waals surface area contributed by atoms with Crippen molar-refractivity contribution >= 4 is 6.16 Å². The van der Waals surface area contributed by atoms with E-state index in [1.54, 1.807) is 18.2 Å². The molecule has 0 amide bonds. The van der Waals surface area contributed by atoms with Crippen molar-refractivity contribution in [1.82, 2.24) is 0 Å². The van der Waals surface area contributed by atoms with Crippen LogP contribution in [-0.4, -0.2) is 13.3 Å². The zero-order chi connectivity index (χ0) is 17.7. The molecule has 2 aromatic rings. The Morgan fingerprint density at radius 2 is 1.88 bits per heavy atom. The number of carbonyl (C=O) groups is 1. The molecule has 0 aliphatic rings. The van der Waals surface area contributed by atoms with Crippen molar-refractivity contribution in [3.8, 4) is 11.5 Å². The predicted octanol–water partition coefficient (Wildman–Crippen LogP) is 4.73. The summed E-state index contributed by atoms with van der Waals surface area (Å²) in [5.74, 6) is 0.114. The van der Waals surface area contributed by atoms with E-state index in [-0.39, 0.29) is 12.4 Å². The number of benzene rings is 2. The van der Waals surface area contributed by atoms with Gasteiger partial charge < -0.3 is 14.2 Å². The van der Waals surface area contributed by atoms with Crippen molar-refractivity contribution in [2.75, 3.05) is 7.11 Å². The first kappa shape index (κ1) is 17.8. The molecule has 0 unspecified atom stereocenters. The third-order valence-electron chi connectivity index (χ3n) is 3.87. The van der Waals surface area contributed by atoms with E-state index in [4.69, 9.17) is 9.47 Å². The van der Waals surface area contributed by atoms with Gasteiger partial charge in [-0.2, -0.15) is 0 Å². The molecule has 24 heavy (non-hydrogen) atoms. The fourth-order valence-electron chi connectivity index (χ4n) is 2.43. The molecule has 0 heterocycles. The molecule has 128 valence electrons. The van der Waals surface area contributed by atoms with Crippen molar-refractivity contribution in [3.63, 3.8) is 0 Å². The standard InChI is InChI=1S/C19H21FO4/c1-5-14-10-16(20)18(9-13(14)3)23-11-15-12(2)7-6-8-17(15)24-19(21)22-4/h6-10H,5,11H2,1-4H3. The Hall–Kier alpha value is -2.56. The van der Waals surface area contributed by atoms with Gasteiger partial charge in [-0.3, -0.25) is 0 Å². The van der Waals surface area contributed by atoms with Gasteiger partial charge in [-0.15, -0.1) is 0 Å². The van der Waals surface area contributed by atoms with Gasteiger partial charge in [0.25, 0.3) is 0 Å². The summed E-state index contributed by atoms with van der Waals surface area (Å²) in [4.78, 5) is 11.3. The number of hydrogen-bond donors (Lipinski definition) is 0. The Balaban J connectivity index is 2.23. The van der Waals surface area contributed by atoms with Gasteiger partial charge in [0.1, 0.15) is 12.4 Å². The van der Waals surface area contributed by atoms with Crippen LogP contribution in [0.1, 0.15) is 29.2 Å². The highest BCUT2D eigenvalue weighted by molar-refractivity contribution is 5.64. The van der Waals surface area contributed by atoms with E-state index >= 15 is 0 Å². The van der Waals surface area contributed by atoms with Gasteiger partial charge in [0.2, 0.25) is 0 Å². The Morgan fingerprint density at radius 1 is 1.12 bits per heavy atom. The summed E-state index contributed by atoms with van der Waals surface area (Å²) < 4.78 is 29.4. The summed E-state index contributed by atoms with van der Waals surface area (Å²) in [6.45, 7) is 5.85. The van der Waals surface area contributed by atoms with Crippen LogP contribution in [0.3, 0.4) is 0 Å². The molecule has 2 rings (SSSR count). The van der Waals surface area contributed by atoms with Gasteiger partial charge in [0.05, 0.1) is 7.11 Å². The average molecular weight is 332 g/mol. The van der Waals surface area contributed by atoms with E-state index in [0.717, 1.165) is 23.1 Å². The number of rotatable bonds is 5. The van der Waals surface area contributed by atoms with Crippen molar-refractivity contribution in [1.29, 1.82) is 0 Å². The number of aryl methyl sites for hydroxylation is 3. The van der Waals surface area contributed by atoms with Crippen molar-refractivity contribution < 1.29 is 23.4 Å². The smallest absolute Gasteiger partial charge is 0.486 e. The minimum Gasteiger partial charge on any atom is -0.486 e. The Bertz CT molecular complexity index is 740. The van der Waals surface area contributed by atoms with Gasteiger partial charge in [0.15, 0.2) is 11.6 Å². The maximum atomic E-state index is 14.2. The fourth-order valence-corrected chi connectivity index (χ4v) is 2.43. The van der Waals surface area contributed by atoms with Gasteiger partial charge in [0, 0.05) is 5.56 Å². The maximum absolute atomic E-state index is 14.2. The molecule has 0 bridgehead atoms. The second kappa shape index (κ2) is 7.81. The summed E-state index contributed by atoms with van der Waals surface area (Å²) in [7, 11) is 1.24. The van der Waals surface area contributed by atoms with E-state index in [0.29, 0.717) is 11.3 Å². The maximum Gasteiger partial charge on any atom is 0.513 e. The van der Waals surface area contributed by atoms with E-state index in [1.807, 2.05) is 26.8 Å². The van der Waals surface area contributed by atoms with E-state index < -0.39 is 12.0 Å². The molecule has 4 nitrogen and oxygen atoms in total.